The van der Waals surface area contributed by atoms with Crippen molar-refractivity contribution in [1.82, 2.24) is 5.32 Å². The van der Waals surface area contributed by atoms with Crippen LogP contribution in [-0.4, -0.2) is 29.4 Å². The molecule has 29 heavy (non-hydrogen) atoms. The van der Waals surface area contributed by atoms with Crippen molar-refractivity contribution in [2.24, 2.45) is 5.92 Å². The van der Waals surface area contributed by atoms with Crippen LogP contribution < -0.4 is 15.4 Å². The lowest BCUT2D eigenvalue weighted by Gasteiger charge is -2.22. The maximum atomic E-state index is 13.5. The number of amides is 2. The van der Waals surface area contributed by atoms with E-state index in [9.17, 15) is 24.1 Å². The van der Waals surface area contributed by atoms with Gasteiger partial charge in [-0.25, -0.2) is 0 Å². The van der Waals surface area contributed by atoms with Crippen LogP contribution in [0.15, 0.2) is 42.5 Å². The van der Waals surface area contributed by atoms with Gasteiger partial charge in [0, 0.05) is 11.8 Å². The van der Waals surface area contributed by atoms with Crippen molar-refractivity contribution in [2.75, 3.05) is 11.9 Å². The molecule has 0 radical (unpaired) electrons. The molecule has 2 rings (SSSR count). The number of para-hydroxylation sites is 1. The molecule has 2 N–H and O–H groups in total. The Labute approximate surface area is 167 Å². The minimum atomic E-state index is -1.01. The highest BCUT2D eigenvalue weighted by Crippen LogP contribution is 2.22. The summed E-state index contributed by atoms with van der Waals surface area (Å²) < 4.78 is 18.9. The first kappa shape index (κ1) is 21.8. The Kier molecular flexibility index (Phi) is 7.24. The van der Waals surface area contributed by atoms with Crippen molar-refractivity contribution < 1.29 is 23.6 Å². The molecule has 2 aromatic rings. The van der Waals surface area contributed by atoms with Crippen LogP contribution in [0, 0.1) is 21.8 Å². The molecule has 0 aliphatic heterocycles. The molecule has 9 heteroatoms. The molecule has 0 saturated carbocycles. The predicted octanol–water partition coefficient (Wildman–Crippen LogP) is 3.53. The smallest absolute Gasteiger partial charge is 0.306 e. The second-order valence-electron chi connectivity index (χ2n) is 6.54. The fourth-order valence-electron chi connectivity index (χ4n) is 2.64. The normalized spacial score (nSPS) is 11.6. The van der Waals surface area contributed by atoms with E-state index in [1.807, 2.05) is 0 Å². The van der Waals surface area contributed by atoms with Crippen molar-refractivity contribution in [3.8, 4) is 5.75 Å². The van der Waals surface area contributed by atoms with E-state index in [1.54, 1.807) is 45.0 Å². The van der Waals surface area contributed by atoms with E-state index in [4.69, 9.17) is 4.74 Å². The molecule has 2 aromatic carbocycles. The van der Waals surface area contributed by atoms with E-state index in [-0.39, 0.29) is 17.2 Å². The Hall–Kier alpha value is -3.49. The number of rotatable bonds is 8. The molecule has 0 aliphatic carbocycles. The molecule has 0 bridgehead atoms. The van der Waals surface area contributed by atoms with E-state index >= 15 is 0 Å². The number of nitro benzene ring substituents is 1. The predicted molar refractivity (Wildman–Crippen MR) is 105 cm³/mol. The van der Waals surface area contributed by atoms with Crippen LogP contribution >= 0.6 is 0 Å². The summed E-state index contributed by atoms with van der Waals surface area (Å²) in [6.45, 7) is 5.65. The van der Waals surface area contributed by atoms with Gasteiger partial charge in [-0.2, -0.15) is 4.39 Å². The number of carbonyl (C=O) groups is 2. The monoisotopic (exact) mass is 403 g/mol. The molecule has 0 fully saturated rings. The topological polar surface area (TPSA) is 111 Å². The first-order valence-electron chi connectivity index (χ1n) is 9.02. The summed E-state index contributed by atoms with van der Waals surface area (Å²) in [5.41, 5.74) is -0.415. The number of hydrogen-bond donors (Lipinski definition) is 2. The van der Waals surface area contributed by atoms with Crippen molar-refractivity contribution in [3.63, 3.8) is 0 Å². The maximum Gasteiger partial charge on any atom is 0.306 e. The molecule has 0 spiro atoms. The second kappa shape index (κ2) is 9.63. The van der Waals surface area contributed by atoms with Crippen LogP contribution in [-0.2, 0) is 4.79 Å². The molecular formula is C20H22FN3O5. The second-order valence-corrected chi connectivity index (χ2v) is 6.54. The van der Waals surface area contributed by atoms with E-state index < -0.39 is 34.3 Å². The Morgan fingerprint density at radius 2 is 1.90 bits per heavy atom. The summed E-state index contributed by atoms with van der Waals surface area (Å²) >= 11 is 0. The zero-order valence-corrected chi connectivity index (χ0v) is 16.3. The molecule has 1 atom stereocenters. The van der Waals surface area contributed by atoms with E-state index in [2.05, 4.69) is 10.6 Å². The minimum absolute atomic E-state index is 0.0534. The lowest BCUT2D eigenvalue weighted by atomic mass is 10.0. The zero-order valence-electron chi connectivity index (χ0n) is 16.3. The van der Waals surface area contributed by atoms with Crippen LogP contribution in [0.2, 0.25) is 0 Å². The SMILES string of the molecule is CCOc1ccccc1C(=O)N[C@H](C(=O)Nc1ccc(F)c([N+](=O)[O-])c1)C(C)C. The third-order valence-electron chi connectivity index (χ3n) is 4.08. The van der Waals surface area contributed by atoms with Gasteiger partial charge in [0.15, 0.2) is 0 Å². The van der Waals surface area contributed by atoms with Gasteiger partial charge in [-0.05, 0) is 37.1 Å². The van der Waals surface area contributed by atoms with Crippen LogP contribution in [0.1, 0.15) is 31.1 Å². The number of ether oxygens (including phenoxy) is 1. The van der Waals surface area contributed by atoms with E-state index in [0.29, 0.717) is 12.4 Å². The zero-order chi connectivity index (χ0) is 21.6. The maximum absolute atomic E-state index is 13.5. The number of halogens is 1. The van der Waals surface area contributed by atoms with Gasteiger partial charge in [-0.15, -0.1) is 0 Å². The lowest BCUT2D eigenvalue weighted by Crippen LogP contribution is -2.47. The third-order valence-corrected chi connectivity index (χ3v) is 4.08. The fraction of sp³-hybridized carbons (Fsp3) is 0.300. The third kappa shape index (κ3) is 5.50. The molecule has 0 saturated heterocycles. The number of hydrogen-bond acceptors (Lipinski definition) is 5. The van der Waals surface area contributed by atoms with Gasteiger partial charge in [0.25, 0.3) is 5.91 Å². The Morgan fingerprint density at radius 3 is 2.52 bits per heavy atom. The number of carbonyl (C=O) groups excluding carboxylic acids is 2. The van der Waals surface area contributed by atoms with Crippen molar-refractivity contribution in [1.29, 1.82) is 0 Å². The Bertz CT molecular complexity index is 917. The fourth-order valence-corrected chi connectivity index (χ4v) is 2.64. The quantitative estimate of drug-likeness (QED) is 0.517. The highest BCUT2D eigenvalue weighted by atomic mass is 19.1. The summed E-state index contributed by atoms with van der Waals surface area (Å²) in [5, 5.41) is 16.0. The van der Waals surface area contributed by atoms with Crippen LogP contribution in [0.5, 0.6) is 5.75 Å². The molecule has 0 heterocycles. The summed E-state index contributed by atoms with van der Waals surface area (Å²) in [7, 11) is 0. The number of nitrogens with one attached hydrogen (secondary N) is 2. The molecule has 0 unspecified atom stereocenters. The molecule has 154 valence electrons. The van der Waals surface area contributed by atoms with Gasteiger partial charge < -0.3 is 15.4 Å². The Balaban J connectivity index is 2.19. The Morgan fingerprint density at radius 1 is 1.21 bits per heavy atom. The first-order chi connectivity index (χ1) is 13.7. The molecular weight excluding hydrogens is 381 g/mol. The van der Waals surface area contributed by atoms with E-state index in [0.717, 1.165) is 12.1 Å². The van der Waals surface area contributed by atoms with Crippen molar-refractivity contribution >= 4 is 23.2 Å². The number of nitro groups is 1. The standard InChI is InChI=1S/C20H22FN3O5/c1-4-29-17-8-6-5-7-14(17)19(25)23-18(12(2)3)20(26)22-13-9-10-15(21)16(11-13)24(27)28/h5-12,18H,4H2,1-3H3,(H,22,26)(H,23,25)/t18-/m0/s1. The van der Waals surface area contributed by atoms with E-state index in [1.165, 1.54) is 6.07 Å². The largest absolute Gasteiger partial charge is 0.493 e. The molecule has 8 nitrogen and oxygen atoms in total. The van der Waals surface area contributed by atoms with Crippen molar-refractivity contribution in [3.05, 3.63) is 64.0 Å². The summed E-state index contributed by atoms with van der Waals surface area (Å²) in [6.07, 6.45) is 0. The average molecular weight is 403 g/mol. The van der Waals surface area contributed by atoms with Gasteiger partial charge in [-0.3, -0.25) is 19.7 Å². The molecule has 2 amide bonds. The average Bonchev–Trinajstić information content (AvgIpc) is 2.67. The summed E-state index contributed by atoms with van der Waals surface area (Å²) in [5.74, 6) is -1.97. The van der Waals surface area contributed by atoms with Gasteiger partial charge in [-0.1, -0.05) is 26.0 Å². The number of anilines is 1. The summed E-state index contributed by atoms with van der Waals surface area (Å²) in [6, 6.07) is 8.76. The van der Waals surface area contributed by atoms with Crippen molar-refractivity contribution in [2.45, 2.75) is 26.8 Å². The minimum Gasteiger partial charge on any atom is -0.493 e. The van der Waals surface area contributed by atoms with Crippen LogP contribution in [0.3, 0.4) is 0 Å². The first-order valence-corrected chi connectivity index (χ1v) is 9.02. The highest BCUT2D eigenvalue weighted by molar-refractivity contribution is 6.02. The number of nitrogens with zero attached hydrogens (tertiary/aromatic N) is 1. The molecule has 0 aromatic heterocycles. The lowest BCUT2D eigenvalue weighted by molar-refractivity contribution is -0.387. The highest BCUT2D eigenvalue weighted by Gasteiger charge is 2.26. The number of benzene rings is 2. The van der Waals surface area contributed by atoms with Gasteiger partial charge >= 0.3 is 5.69 Å². The van der Waals surface area contributed by atoms with Gasteiger partial charge in [0.1, 0.15) is 11.8 Å². The van der Waals surface area contributed by atoms with Crippen LogP contribution in [0.4, 0.5) is 15.8 Å². The van der Waals surface area contributed by atoms with Crippen LogP contribution in [0.25, 0.3) is 0 Å². The molecule has 0 aliphatic rings. The van der Waals surface area contributed by atoms with Gasteiger partial charge in [0.2, 0.25) is 11.7 Å². The summed E-state index contributed by atoms with van der Waals surface area (Å²) in [4.78, 5) is 35.4. The van der Waals surface area contributed by atoms with Gasteiger partial charge in [0.05, 0.1) is 17.1 Å².